The molecule has 1 heterocycles. The smallest absolute Gasteiger partial charge is 0.279 e. The first-order valence-corrected chi connectivity index (χ1v) is 10.4. The van der Waals surface area contributed by atoms with E-state index in [1.54, 1.807) is 24.3 Å². The molecule has 0 aliphatic carbocycles. The van der Waals surface area contributed by atoms with Gasteiger partial charge in [-0.2, -0.15) is 0 Å². The van der Waals surface area contributed by atoms with E-state index in [2.05, 4.69) is 10.6 Å². The van der Waals surface area contributed by atoms with E-state index < -0.39 is 0 Å². The number of benzene rings is 2. The molecule has 0 radical (unpaired) electrons. The second kappa shape index (κ2) is 10.6. The first-order chi connectivity index (χ1) is 14.1. The molecule has 29 heavy (non-hydrogen) atoms. The van der Waals surface area contributed by atoms with Crippen LogP contribution in [0.5, 0.6) is 5.75 Å². The molecule has 154 valence electrons. The number of carbonyl (C=O) groups is 2. The Morgan fingerprint density at radius 3 is 2.07 bits per heavy atom. The van der Waals surface area contributed by atoms with Gasteiger partial charge < -0.3 is 20.3 Å². The summed E-state index contributed by atoms with van der Waals surface area (Å²) in [4.78, 5) is 26.1. The number of hydrogen-bond donors (Lipinski definition) is 3. The highest BCUT2D eigenvalue weighted by Crippen LogP contribution is 2.17. The fourth-order valence-corrected chi connectivity index (χ4v) is 3.55. The van der Waals surface area contributed by atoms with Crippen molar-refractivity contribution in [3.8, 4) is 5.75 Å². The average molecular weight is 397 g/mol. The van der Waals surface area contributed by atoms with Gasteiger partial charge in [-0.15, -0.1) is 0 Å². The summed E-state index contributed by atoms with van der Waals surface area (Å²) in [6, 6.07) is 14.2. The Hall–Kier alpha value is -2.86. The van der Waals surface area contributed by atoms with E-state index in [0.717, 1.165) is 18.8 Å². The van der Waals surface area contributed by atoms with Gasteiger partial charge in [-0.1, -0.05) is 0 Å². The summed E-state index contributed by atoms with van der Waals surface area (Å²) in [6.45, 7) is 5.17. The maximum atomic E-state index is 12.4. The van der Waals surface area contributed by atoms with Gasteiger partial charge in [0.05, 0.1) is 19.7 Å². The molecule has 1 aliphatic heterocycles. The lowest BCUT2D eigenvalue weighted by atomic mass is 10.2. The van der Waals surface area contributed by atoms with E-state index in [1.807, 2.05) is 31.2 Å². The Morgan fingerprint density at radius 2 is 1.45 bits per heavy atom. The van der Waals surface area contributed by atoms with E-state index in [9.17, 15) is 9.59 Å². The van der Waals surface area contributed by atoms with Crippen molar-refractivity contribution in [3.63, 3.8) is 0 Å². The highest BCUT2D eigenvalue weighted by atomic mass is 16.5. The Labute approximate surface area is 172 Å². The van der Waals surface area contributed by atoms with E-state index in [0.29, 0.717) is 30.1 Å². The predicted molar refractivity (Wildman–Crippen MR) is 115 cm³/mol. The topological polar surface area (TPSA) is 71.9 Å². The molecular formula is C23H30N3O3+. The van der Waals surface area contributed by atoms with Crippen LogP contribution in [0.1, 0.15) is 43.0 Å². The van der Waals surface area contributed by atoms with Crippen molar-refractivity contribution in [2.24, 2.45) is 0 Å². The van der Waals surface area contributed by atoms with Crippen molar-refractivity contribution < 1.29 is 19.2 Å². The number of carbonyl (C=O) groups excluding carboxylic acids is 2. The van der Waals surface area contributed by atoms with Crippen LogP contribution in [-0.4, -0.2) is 38.1 Å². The molecule has 2 aromatic rings. The Morgan fingerprint density at radius 1 is 0.862 bits per heavy atom. The van der Waals surface area contributed by atoms with Gasteiger partial charge in [0.2, 0.25) is 0 Å². The van der Waals surface area contributed by atoms with Gasteiger partial charge in [0, 0.05) is 16.9 Å². The van der Waals surface area contributed by atoms with Crippen LogP contribution in [0.15, 0.2) is 48.5 Å². The lowest BCUT2D eigenvalue weighted by Crippen LogP contribution is -3.12. The SMILES string of the molecule is CCOc1ccc(NC(=O)c2ccc(NC(=O)C[NH+]3CCCCCC3)cc2)cc1. The normalized spacial score (nSPS) is 14.7. The van der Waals surface area contributed by atoms with Crippen molar-refractivity contribution >= 4 is 23.2 Å². The molecule has 0 atom stereocenters. The lowest BCUT2D eigenvalue weighted by molar-refractivity contribution is -0.890. The van der Waals surface area contributed by atoms with Crippen LogP contribution in [0.4, 0.5) is 11.4 Å². The summed E-state index contributed by atoms with van der Waals surface area (Å²) in [5, 5.41) is 5.80. The zero-order valence-corrected chi connectivity index (χ0v) is 17.0. The highest BCUT2D eigenvalue weighted by molar-refractivity contribution is 6.04. The number of hydrogen-bond acceptors (Lipinski definition) is 3. The minimum Gasteiger partial charge on any atom is -0.494 e. The first-order valence-electron chi connectivity index (χ1n) is 10.4. The fourth-order valence-electron chi connectivity index (χ4n) is 3.55. The zero-order chi connectivity index (χ0) is 20.5. The van der Waals surface area contributed by atoms with Crippen molar-refractivity contribution in [2.75, 3.05) is 36.9 Å². The molecule has 0 aromatic heterocycles. The average Bonchev–Trinajstić information content (AvgIpc) is 2.99. The first kappa shape index (κ1) is 20.9. The molecule has 0 bridgehead atoms. The number of nitrogens with one attached hydrogen (secondary N) is 3. The molecule has 0 unspecified atom stereocenters. The van der Waals surface area contributed by atoms with E-state index in [4.69, 9.17) is 4.74 Å². The molecule has 3 rings (SSSR count). The second-order valence-corrected chi connectivity index (χ2v) is 7.38. The van der Waals surface area contributed by atoms with Gasteiger partial charge in [-0.3, -0.25) is 9.59 Å². The summed E-state index contributed by atoms with van der Waals surface area (Å²) in [7, 11) is 0. The van der Waals surface area contributed by atoms with Crippen LogP contribution in [-0.2, 0) is 4.79 Å². The van der Waals surface area contributed by atoms with E-state index in [-0.39, 0.29) is 11.8 Å². The standard InChI is InChI=1S/C23H29N3O3/c1-2-29-21-13-11-20(12-14-21)25-23(28)18-7-9-19(10-8-18)24-22(27)17-26-15-5-3-4-6-16-26/h7-14H,2-6,15-17H2,1H3,(H,24,27)(H,25,28)/p+1. The van der Waals surface area contributed by atoms with Gasteiger partial charge in [-0.05, 0) is 81.1 Å². The molecule has 1 saturated heterocycles. The van der Waals surface area contributed by atoms with Crippen molar-refractivity contribution in [3.05, 3.63) is 54.1 Å². The van der Waals surface area contributed by atoms with Gasteiger partial charge in [0.15, 0.2) is 6.54 Å². The number of likely N-dealkylation sites (tertiary alicyclic amines) is 1. The summed E-state index contributed by atoms with van der Waals surface area (Å²) < 4.78 is 5.40. The minimum absolute atomic E-state index is 0.0217. The van der Waals surface area contributed by atoms with Crippen LogP contribution in [0, 0.1) is 0 Å². The second-order valence-electron chi connectivity index (χ2n) is 7.38. The Balaban J connectivity index is 1.50. The highest BCUT2D eigenvalue weighted by Gasteiger charge is 2.16. The fraction of sp³-hybridized carbons (Fsp3) is 0.391. The number of quaternary nitrogens is 1. The molecule has 3 N–H and O–H groups in total. The molecule has 6 heteroatoms. The third kappa shape index (κ3) is 6.61. The van der Waals surface area contributed by atoms with Crippen LogP contribution in [0.25, 0.3) is 0 Å². The quantitative estimate of drug-likeness (QED) is 0.674. The molecule has 2 aromatic carbocycles. The maximum Gasteiger partial charge on any atom is 0.279 e. The van der Waals surface area contributed by atoms with E-state index in [1.165, 1.54) is 30.6 Å². The predicted octanol–water partition coefficient (Wildman–Crippen LogP) is 2.74. The monoisotopic (exact) mass is 396 g/mol. The summed E-state index contributed by atoms with van der Waals surface area (Å²) in [6.07, 6.45) is 4.93. The lowest BCUT2D eigenvalue weighted by Gasteiger charge is -2.16. The van der Waals surface area contributed by atoms with Crippen molar-refractivity contribution in [1.82, 2.24) is 0 Å². The Bertz CT molecular complexity index is 795. The number of anilines is 2. The van der Waals surface area contributed by atoms with Gasteiger partial charge in [0.1, 0.15) is 5.75 Å². The third-order valence-corrected chi connectivity index (χ3v) is 5.08. The van der Waals surface area contributed by atoms with Crippen LogP contribution in [0.2, 0.25) is 0 Å². The third-order valence-electron chi connectivity index (χ3n) is 5.08. The molecule has 2 amide bonds. The van der Waals surface area contributed by atoms with Crippen molar-refractivity contribution in [2.45, 2.75) is 32.6 Å². The van der Waals surface area contributed by atoms with Gasteiger partial charge >= 0.3 is 0 Å². The largest absolute Gasteiger partial charge is 0.494 e. The molecule has 1 aliphatic rings. The molecule has 6 nitrogen and oxygen atoms in total. The van der Waals surface area contributed by atoms with Gasteiger partial charge in [0.25, 0.3) is 11.8 Å². The van der Waals surface area contributed by atoms with Crippen LogP contribution >= 0.6 is 0 Å². The number of rotatable bonds is 7. The molecule has 1 fully saturated rings. The number of amides is 2. The minimum atomic E-state index is -0.193. The van der Waals surface area contributed by atoms with Crippen molar-refractivity contribution in [1.29, 1.82) is 0 Å². The van der Waals surface area contributed by atoms with E-state index >= 15 is 0 Å². The summed E-state index contributed by atoms with van der Waals surface area (Å²) in [5.41, 5.74) is 1.95. The summed E-state index contributed by atoms with van der Waals surface area (Å²) in [5.74, 6) is 0.599. The molecule has 0 saturated carbocycles. The molecular weight excluding hydrogens is 366 g/mol. The van der Waals surface area contributed by atoms with Gasteiger partial charge in [-0.25, -0.2) is 0 Å². The zero-order valence-electron chi connectivity index (χ0n) is 17.0. The molecule has 0 spiro atoms. The van der Waals surface area contributed by atoms with Crippen LogP contribution < -0.4 is 20.3 Å². The van der Waals surface area contributed by atoms with Crippen LogP contribution in [0.3, 0.4) is 0 Å². The summed E-state index contributed by atoms with van der Waals surface area (Å²) >= 11 is 0. The maximum absolute atomic E-state index is 12.4. The Kier molecular flexibility index (Phi) is 7.64. The number of ether oxygens (including phenoxy) is 1.